The van der Waals surface area contributed by atoms with Gasteiger partial charge in [-0.15, -0.1) is 0 Å². The van der Waals surface area contributed by atoms with Crippen LogP contribution in [0.4, 0.5) is 0 Å². The number of H-pyrrole nitrogens is 2. The molecule has 6 aromatic heterocycles. The van der Waals surface area contributed by atoms with Crippen LogP contribution in [-0.2, 0) is 32.5 Å². The zero-order valence-corrected chi connectivity index (χ0v) is 45.4. The number of rotatable bonds is 10. The minimum absolute atomic E-state index is 0.171. The zero-order valence-electron chi connectivity index (χ0n) is 41.2. The monoisotopic (exact) mass is 1070 g/mol. The normalized spacial score (nSPS) is 12.3. The number of halogens is 4. The lowest BCUT2D eigenvalue weighted by molar-refractivity contribution is 0.112. The van der Waals surface area contributed by atoms with Gasteiger partial charge in [0.05, 0.1) is 44.2 Å². The van der Waals surface area contributed by atoms with Crippen molar-refractivity contribution < 1.29 is 4.79 Å². The molecule has 0 saturated heterocycles. The number of hydrogen-bond donors (Lipinski definition) is 4. The molecule has 12 rings (SSSR count). The third-order valence-corrected chi connectivity index (χ3v) is 17.8. The summed E-state index contributed by atoms with van der Waals surface area (Å²) < 4.78 is 0. The highest BCUT2D eigenvalue weighted by atomic mass is 35.5. The molecule has 0 aliphatic carbocycles. The van der Waals surface area contributed by atoms with E-state index in [9.17, 15) is 4.79 Å². The van der Waals surface area contributed by atoms with Crippen molar-refractivity contribution in [2.24, 2.45) is 15.7 Å². The molecular weight excluding hydrogens is 1020 g/mol. The average molecular weight is 1080 g/mol. The van der Waals surface area contributed by atoms with Crippen LogP contribution >= 0.6 is 46.4 Å². The number of aromatic nitrogens is 6. The van der Waals surface area contributed by atoms with Crippen LogP contribution in [0.5, 0.6) is 0 Å². The maximum atomic E-state index is 10.4. The van der Waals surface area contributed by atoms with Crippen LogP contribution in [0.15, 0.2) is 144 Å². The number of amidine groups is 2. The maximum absolute atomic E-state index is 10.4. The molecule has 16 heteroatoms. The Bertz CT molecular complexity index is 3710. The Morgan fingerprint density at radius 2 is 1.09 bits per heavy atom. The summed E-state index contributed by atoms with van der Waals surface area (Å²) in [5, 5.41) is 9.88. The van der Waals surface area contributed by atoms with Crippen molar-refractivity contribution in [2.45, 2.75) is 71.4 Å². The van der Waals surface area contributed by atoms with Crippen molar-refractivity contribution in [2.75, 3.05) is 0 Å². The largest absolute Gasteiger partial charge is 0.383 e. The van der Waals surface area contributed by atoms with E-state index in [1.165, 1.54) is 57.7 Å². The van der Waals surface area contributed by atoms with Crippen LogP contribution in [-0.4, -0.2) is 56.7 Å². The molecule has 11 nitrogen and oxygen atoms in total. The number of aldehydes is 1. The predicted octanol–water partition coefficient (Wildman–Crippen LogP) is 14.1. The Hall–Kier alpha value is -6.93. The SMILES string of the molecule is CC[SiH](CC)CC.Clc1cnc2ccc(Cc3ccc4c(c3)C(NCc3cnc5[nH]cc(Cl)c5c3)=NC4)cc2c1.NC1=NCc2ccc(Cc3ccc4ncc(Cl)cc4c3)cc21.O=Cc1cnc2[nH]cc(Cl)c2c1. The number of nitrogens with one attached hydrogen (secondary N) is 3. The molecule has 374 valence electrons. The topological polar surface area (TPSA) is 163 Å². The number of benzene rings is 4. The van der Waals surface area contributed by atoms with E-state index < -0.39 is 0 Å². The van der Waals surface area contributed by atoms with Gasteiger partial charge in [-0.2, -0.15) is 0 Å². The van der Waals surface area contributed by atoms with Gasteiger partial charge in [-0.3, -0.25) is 24.7 Å². The maximum Gasteiger partial charge on any atom is 0.151 e. The summed E-state index contributed by atoms with van der Waals surface area (Å²) in [5.74, 6) is 1.56. The Morgan fingerprint density at radius 3 is 1.66 bits per heavy atom. The summed E-state index contributed by atoms with van der Waals surface area (Å²) in [6, 6.07) is 37.7. The molecule has 0 saturated carbocycles. The van der Waals surface area contributed by atoms with Crippen LogP contribution in [0, 0.1) is 0 Å². The number of carbonyl (C=O) groups excluding carboxylic acids is 1. The summed E-state index contributed by atoms with van der Waals surface area (Å²) in [7, 11) is -0.171. The molecule has 0 bridgehead atoms. The van der Waals surface area contributed by atoms with Crippen LogP contribution in [0.1, 0.15) is 81.2 Å². The molecule has 10 aromatic rings. The molecule has 8 heterocycles. The predicted molar refractivity (Wildman–Crippen MR) is 310 cm³/mol. The lowest BCUT2D eigenvalue weighted by atomic mass is 9.99. The molecule has 0 fully saturated rings. The molecule has 2 aliphatic heterocycles. The zero-order chi connectivity index (χ0) is 51.7. The Morgan fingerprint density at radius 1 is 0.581 bits per heavy atom. The van der Waals surface area contributed by atoms with E-state index in [2.05, 4.69) is 128 Å². The number of nitrogens with two attached hydrogens (primary N) is 1. The van der Waals surface area contributed by atoms with Crippen LogP contribution < -0.4 is 11.1 Å². The number of hydrogen-bond acceptors (Lipinski definition) is 9. The van der Waals surface area contributed by atoms with E-state index >= 15 is 0 Å². The lowest BCUT2D eigenvalue weighted by Crippen LogP contribution is -2.22. The van der Waals surface area contributed by atoms with Gasteiger partial charge < -0.3 is 21.0 Å². The smallest absolute Gasteiger partial charge is 0.151 e. The number of carbonyl (C=O) groups is 1. The lowest BCUT2D eigenvalue weighted by Gasteiger charge is -2.10. The molecular formula is C58H54Cl4N10OSi. The van der Waals surface area contributed by atoms with Gasteiger partial charge in [-0.05, 0) is 112 Å². The highest BCUT2D eigenvalue weighted by Gasteiger charge is 2.18. The van der Waals surface area contributed by atoms with Gasteiger partial charge >= 0.3 is 0 Å². The molecule has 4 aromatic carbocycles. The summed E-state index contributed by atoms with van der Waals surface area (Å²) in [6.45, 7) is 8.99. The van der Waals surface area contributed by atoms with E-state index in [1.807, 2.05) is 30.5 Å². The van der Waals surface area contributed by atoms with E-state index in [4.69, 9.17) is 57.1 Å². The fourth-order valence-electron chi connectivity index (χ4n) is 9.07. The second-order valence-corrected chi connectivity index (χ2v) is 24.2. The summed E-state index contributed by atoms with van der Waals surface area (Å²) in [6.07, 6.45) is 12.5. The summed E-state index contributed by atoms with van der Waals surface area (Å²) >= 11 is 24.2. The molecule has 0 spiro atoms. The van der Waals surface area contributed by atoms with Crippen molar-refractivity contribution in [1.29, 1.82) is 0 Å². The van der Waals surface area contributed by atoms with E-state index in [-0.39, 0.29) is 8.80 Å². The second-order valence-electron chi connectivity index (χ2n) is 18.3. The van der Waals surface area contributed by atoms with Gasteiger partial charge in [0.15, 0.2) is 6.29 Å². The van der Waals surface area contributed by atoms with Crippen LogP contribution in [0.3, 0.4) is 0 Å². The van der Waals surface area contributed by atoms with Gasteiger partial charge in [-0.25, -0.2) is 9.97 Å². The van der Waals surface area contributed by atoms with Gasteiger partial charge in [0.1, 0.15) is 23.0 Å². The first-order valence-electron chi connectivity index (χ1n) is 24.6. The van der Waals surface area contributed by atoms with E-state index in [1.54, 1.807) is 30.9 Å². The average Bonchev–Trinajstić information content (AvgIpc) is 4.21. The minimum Gasteiger partial charge on any atom is -0.383 e. The molecule has 2 aliphatic rings. The molecule has 5 N–H and O–H groups in total. The third kappa shape index (κ3) is 12.5. The quantitative estimate of drug-likeness (QED) is 0.0782. The van der Waals surface area contributed by atoms with Crippen molar-refractivity contribution in [3.63, 3.8) is 0 Å². The fourth-order valence-corrected chi connectivity index (χ4v) is 11.5. The minimum atomic E-state index is -0.171. The number of fused-ring (bicyclic) bond motifs is 6. The number of nitrogens with zero attached hydrogens (tertiary/aromatic N) is 6. The summed E-state index contributed by atoms with van der Waals surface area (Å²) in [4.78, 5) is 42.5. The van der Waals surface area contributed by atoms with Crippen molar-refractivity contribution >= 4 is 117 Å². The molecule has 0 atom stereocenters. The molecule has 0 radical (unpaired) electrons. The highest BCUT2D eigenvalue weighted by molar-refractivity contribution is 6.58. The van der Waals surface area contributed by atoms with Crippen molar-refractivity contribution in [3.8, 4) is 0 Å². The Balaban J connectivity index is 0.000000140. The molecule has 74 heavy (non-hydrogen) atoms. The molecule has 0 amide bonds. The van der Waals surface area contributed by atoms with Crippen LogP contribution in [0.2, 0.25) is 38.2 Å². The van der Waals surface area contributed by atoms with Gasteiger partial charge in [0.25, 0.3) is 0 Å². The van der Waals surface area contributed by atoms with Crippen molar-refractivity contribution in [3.05, 3.63) is 210 Å². The van der Waals surface area contributed by atoms with Crippen LogP contribution in [0.25, 0.3) is 43.9 Å². The van der Waals surface area contributed by atoms with Crippen molar-refractivity contribution in [1.82, 2.24) is 35.2 Å². The first-order valence-corrected chi connectivity index (χ1v) is 28.5. The fraction of sp³-hybridized carbons (Fsp3) is 0.190. The standard InChI is InChI=1S/C26H19Cl2N5.C18H14ClN3.C8H5ClN2O.C6H16Si/c27-20-9-19-6-15(2-4-24(19)29-13-20)5-16-1-3-18-12-32-25(21(18)7-16)30-10-17-8-22-23(28)14-33-26(22)31-11-17;19-15-8-14-6-11(2-4-17(14)21-10-15)5-12-1-3-13-9-22-18(20)16(13)7-12;9-7-3-11-8-6(7)1-5(4-12)2-10-8;1-4-7(5-2)6-3/h1-4,6-9,11,13-14H,5,10,12H2,(H,30,32)(H,31,33);1-4,6-8,10H,5,9H2,(H2,20,22);1-4H,(H,10,11);7H,4-6H2,1-3H3. The Labute approximate surface area is 451 Å². The van der Waals surface area contributed by atoms with Gasteiger partial charge in [0, 0.05) is 90.8 Å². The number of pyridine rings is 4. The van der Waals surface area contributed by atoms with Gasteiger partial charge in [-0.1, -0.05) is 122 Å². The Kier molecular flexibility index (Phi) is 16.8. The first kappa shape index (κ1) is 51.9. The van der Waals surface area contributed by atoms with Gasteiger partial charge in [0.2, 0.25) is 0 Å². The van der Waals surface area contributed by atoms with E-state index in [0.717, 1.165) is 79.9 Å². The van der Waals surface area contributed by atoms with E-state index in [0.29, 0.717) is 56.8 Å². The first-order chi connectivity index (χ1) is 36.0. The molecule has 0 unspecified atom stereocenters. The number of aliphatic imine (C=N–C) groups is 2. The summed E-state index contributed by atoms with van der Waals surface area (Å²) in [5.41, 5.74) is 20.5. The highest BCUT2D eigenvalue weighted by Crippen LogP contribution is 2.27. The number of aromatic amines is 2. The second kappa shape index (κ2) is 24.0. The third-order valence-electron chi connectivity index (χ3n) is 13.3.